The molecule has 0 atom stereocenters. The van der Waals surface area contributed by atoms with Gasteiger partial charge in [-0.05, 0) is 19.3 Å². The topological polar surface area (TPSA) is 47.0 Å². The number of rotatable bonds is 7. The molecule has 1 N–H and O–H groups in total. The Morgan fingerprint density at radius 1 is 1.31 bits per heavy atom. The van der Waals surface area contributed by atoms with Gasteiger partial charge in [0.25, 0.3) is 0 Å². The van der Waals surface area contributed by atoms with Gasteiger partial charge in [-0.15, -0.1) is 0 Å². The molecule has 0 spiro atoms. The highest BCUT2D eigenvalue weighted by Gasteiger charge is 2.32. The van der Waals surface area contributed by atoms with Gasteiger partial charge in [0.15, 0.2) is 5.82 Å². The van der Waals surface area contributed by atoms with Gasteiger partial charge in [-0.3, -0.25) is 0 Å². The molecule has 16 heavy (non-hydrogen) atoms. The molecule has 5 heteroatoms. The predicted molar refractivity (Wildman–Crippen MR) is 68.0 cm³/mol. The Morgan fingerprint density at radius 3 is 2.50 bits per heavy atom. The van der Waals surface area contributed by atoms with E-state index in [0.717, 1.165) is 36.8 Å². The van der Waals surface area contributed by atoms with Crippen molar-refractivity contribution in [2.24, 2.45) is 0 Å². The van der Waals surface area contributed by atoms with Crippen molar-refractivity contribution in [3.63, 3.8) is 0 Å². The SMILES string of the molecule is CCCNc1nc(C(CC)(CC)OC)ns1. The largest absolute Gasteiger partial charge is 0.370 e. The number of hydrogen-bond donors (Lipinski definition) is 1. The molecular weight excluding hydrogens is 222 g/mol. The third-order valence-electron chi connectivity index (χ3n) is 2.89. The van der Waals surface area contributed by atoms with Crippen molar-refractivity contribution in [1.82, 2.24) is 9.36 Å². The number of nitrogens with zero attached hydrogens (tertiary/aromatic N) is 2. The van der Waals surface area contributed by atoms with Gasteiger partial charge < -0.3 is 10.1 Å². The summed E-state index contributed by atoms with van der Waals surface area (Å²) in [6.45, 7) is 7.28. The van der Waals surface area contributed by atoms with Crippen LogP contribution in [0.25, 0.3) is 0 Å². The van der Waals surface area contributed by atoms with Crippen LogP contribution in [0, 0.1) is 0 Å². The second-order valence-corrected chi connectivity index (χ2v) is 4.51. The Kier molecular flexibility index (Phi) is 5.15. The molecule has 0 saturated carbocycles. The van der Waals surface area contributed by atoms with Crippen LogP contribution in [0.4, 0.5) is 5.13 Å². The smallest absolute Gasteiger partial charge is 0.202 e. The molecule has 0 amide bonds. The van der Waals surface area contributed by atoms with Gasteiger partial charge >= 0.3 is 0 Å². The standard InChI is InChI=1S/C11H21N3OS/c1-5-8-12-10-13-9(14-16-10)11(6-2,7-3)15-4/h5-8H2,1-4H3,(H,12,13,14). The zero-order valence-electron chi connectivity index (χ0n) is 10.5. The Hall–Kier alpha value is -0.680. The monoisotopic (exact) mass is 243 g/mol. The van der Waals surface area contributed by atoms with Crippen molar-refractivity contribution in [3.8, 4) is 0 Å². The summed E-state index contributed by atoms with van der Waals surface area (Å²) in [6, 6.07) is 0. The van der Waals surface area contributed by atoms with Gasteiger partial charge in [-0.2, -0.15) is 4.37 Å². The molecule has 0 aliphatic heterocycles. The maximum absolute atomic E-state index is 5.59. The molecule has 1 aromatic rings. The molecule has 0 bridgehead atoms. The van der Waals surface area contributed by atoms with Gasteiger partial charge in [-0.25, -0.2) is 4.98 Å². The van der Waals surface area contributed by atoms with Crippen LogP contribution in [-0.4, -0.2) is 23.0 Å². The van der Waals surface area contributed by atoms with Crippen molar-refractivity contribution < 1.29 is 4.74 Å². The first kappa shape index (κ1) is 13.4. The van der Waals surface area contributed by atoms with Crippen LogP contribution in [-0.2, 0) is 10.3 Å². The Morgan fingerprint density at radius 2 is 2.00 bits per heavy atom. The van der Waals surface area contributed by atoms with Crippen LogP contribution in [0.15, 0.2) is 0 Å². The van der Waals surface area contributed by atoms with Crippen LogP contribution in [0.1, 0.15) is 45.9 Å². The number of methoxy groups -OCH3 is 1. The van der Waals surface area contributed by atoms with E-state index in [1.807, 2.05) is 0 Å². The molecular formula is C11H21N3OS. The molecule has 1 heterocycles. The molecule has 0 radical (unpaired) electrons. The maximum atomic E-state index is 5.59. The highest BCUT2D eigenvalue weighted by atomic mass is 32.1. The average Bonchev–Trinajstić information content (AvgIpc) is 2.79. The molecule has 4 nitrogen and oxygen atoms in total. The van der Waals surface area contributed by atoms with Gasteiger partial charge in [0.1, 0.15) is 5.60 Å². The van der Waals surface area contributed by atoms with Crippen LogP contribution in [0.5, 0.6) is 0 Å². The van der Waals surface area contributed by atoms with Crippen LogP contribution < -0.4 is 5.32 Å². The van der Waals surface area contributed by atoms with Crippen molar-refractivity contribution in [2.45, 2.75) is 45.6 Å². The summed E-state index contributed by atoms with van der Waals surface area (Å²) in [5.74, 6) is 0.809. The van der Waals surface area contributed by atoms with Crippen LogP contribution >= 0.6 is 11.5 Å². The Bertz CT molecular complexity index is 302. The zero-order valence-corrected chi connectivity index (χ0v) is 11.4. The molecule has 0 saturated heterocycles. The van der Waals surface area contributed by atoms with Crippen LogP contribution in [0.2, 0.25) is 0 Å². The minimum absolute atomic E-state index is 0.317. The Labute approximate surface area is 102 Å². The third-order valence-corrected chi connectivity index (χ3v) is 3.57. The van der Waals surface area contributed by atoms with E-state index in [4.69, 9.17) is 4.74 Å². The van der Waals surface area contributed by atoms with Gasteiger partial charge in [0.2, 0.25) is 5.13 Å². The summed E-state index contributed by atoms with van der Waals surface area (Å²) in [4.78, 5) is 4.50. The molecule has 92 valence electrons. The zero-order chi connectivity index (χ0) is 12.0. The van der Waals surface area contributed by atoms with E-state index in [0.29, 0.717) is 0 Å². The summed E-state index contributed by atoms with van der Waals surface area (Å²) in [5, 5.41) is 4.14. The molecule has 0 aromatic carbocycles. The van der Waals surface area contributed by atoms with E-state index < -0.39 is 0 Å². The fourth-order valence-electron chi connectivity index (χ4n) is 1.66. The fraction of sp³-hybridized carbons (Fsp3) is 0.818. The van der Waals surface area contributed by atoms with Gasteiger partial charge in [0.05, 0.1) is 0 Å². The first-order chi connectivity index (χ1) is 7.72. The van der Waals surface area contributed by atoms with Crippen molar-refractivity contribution >= 4 is 16.7 Å². The highest BCUT2D eigenvalue weighted by molar-refractivity contribution is 7.09. The quantitative estimate of drug-likeness (QED) is 0.799. The lowest BCUT2D eigenvalue weighted by Crippen LogP contribution is -2.28. The highest BCUT2D eigenvalue weighted by Crippen LogP contribution is 2.31. The molecule has 0 aliphatic carbocycles. The first-order valence-corrected chi connectivity index (χ1v) is 6.63. The molecule has 0 unspecified atom stereocenters. The lowest BCUT2D eigenvalue weighted by Gasteiger charge is -2.26. The summed E-state index contributed by atoms with van der Waals surface area (Å²) >= 11 is 1.41. The van der Waals surface area contributed by atoms with Crippen LogP contribution in [0.3, 0.4) is 0 Å². The lowest BCUT2D eigenvalue weighted by molar-refractivity contribution is -0.0281. The van der Waals surface area contributed by atoms with E-state index in [1.165, 1.54) is 11.5 Å². The minimum Gasteiger partial charge on any atom is -0.370 e. The number of hydrogen-bond acceptors (Lipinski definition) is 5. The minimum atomic E-state index is -0.317. The first-order valence-electron chi connectivity index (χ1n) is 5.85. The normalized spacial score (nSPS) is 11.8. The van der Waals surface area contributed by atoms with E-state index >= 15 is 0 Å². The van der Waals surface area contributed by atoms with Gasteiger partial charge in [0, 0.05) is 25.2 Å². The summed E-state index contributed by atoms with van der Waals surface area (Å²) < 4.78 is 9.99. The van der Waals surface area contributed by atoms with E-state index in [2.05, 4.69) is 35.4 Å². The van der Waals surface area contributed by atoms with E-state index in [1.54, 1.807) is 7.11 Å². The van der Waals surface area contributed by atoms with E-state index in [9.17, 15) is 0 Å². The van der Waals surface area contributed by atoms with Crippen molar-refractivity contribution in [3.05, 3.63) is 5.82 Å². The molecule has 1 aromatic heterocycles. The summed E-state index contributed by atoms with van der Waals surface area (Å²) in [5.41, 5.74) is -0.317. The number of anilines is 1. The maximum Gasteiger partial charge on any atom is 0.202 e. The summed E-state index contributed by atoms with van der Waals surface area (Å²) in [7, 11) is 1.73. The average molecular weight is 243 g/mol. The third kappa shape index (κ3) is 2.71. The van der Waals surface area contributed by atoms with Crippen molar-refractivity contribution in [1.29, 1.82) is 0 Å². The second-order valence-electron chi connectivity index (χ2n) is 3.76. The predicted octanol–water partition coefficient (Wildman–Crippen LogP) is 3.02. The van der Waals surface area contributed by atoms with Crippen molar-refractivity contribution in [2.75, 3.05) is 19.0 Å². The number of nitrogens with one attached hydrogen (secondary N) is 1. The van der Waals surface area contributed by atoms with Gasteiger partial charge in [-0.1, -0.05) is 20.8 Å². The number of aromatic nitrogens is 2. The summed E-state index contributed by atoms with van der Waals surface area (Å²) in [6.07, 6.45) is 2.87. The Balaban J connectivity index is 2.81. The number of ether oxygens (including phenoxy) is 1. The molecule has 0 fully saturated rings. The lowest BCUT2D eigenvalue weighted by atomic mass is 9.96. The fourth-order valence-corrected chi connectivity index (χ4v) is 2.33. The molecule has 0 aliphatic rings. The second kappa shape index (κ2) is 6.15. The van der Waals surface area contributed by atoms with E-state index in [-0.39, 0.29) is 5.60 Å². The molecule has 1 rings (SSSR count).